The van der Waals surface area contributed by atoms with E-state index < -0.39 is 0 Å². The molecule has 0 saturated carbocycles. The summed E-state index contributed by atoms with van der Waals surface area (Å²) in [6.07, 6.45) is 3.43. The lowest BCUT2D eigenvalue weighted by molar-refractivity contribution is -0.127. The Hall–Kier alpha value is -2.39. The van der Waals surface area contributed by atoms with E-state index in [1.807, 2.05) is 26.0 Å². The summed E-state index contributed by atoms with van der Waals surface area (Å²) >= 11 is 1.30. The van der Waals surface area contributed by atoms with Crippen molar-refractivity contribution in [3.8, 4) is 17.3 Å². The fourth-order valence-corrected chi connectivity index (χ4v) is 2.98. The molecule has 0 radical (unpaired) electrons. The van der Waals surface area contributed by atoms with Gasteiger partial charge in [0.05, 0.1) is 17.0 Å². The number of hydrogen-bond acceptors (Lipinski definition) is 5. The largest absolute Gasteiger partial charge is 0.343 e. The quantitative estimate of drug-likeness (QED) is 0.763. The molecule has 2 aromatic heterocycles. The number of rotatable bonds is 6. The van der Waals surface area contributed by atoms with E-state index in [-0.39, 0.29) is 11.7 Å². The van der Waals surface area contributed by atoms with Crippen LogP contribution < -0.4 is 0 Å². The smallest absolute Gasteiger partial charge is 0.232 e. The Morgan fingerprint density at radius 2 is 2.09 bits per heavy atom. The first-order chi connectivity index (χ1) is 11.2. The molecule has 5 nitrogen and oxygen atoms in total. The first kappa shape index (κ1) is 17.0. The van der Waals surface area contributed by atoms with E-state index in [2.05, 4.69) is 16.0 Å². The van der Waals surface area contributed by atoms with Gasteiger partial charge in [0.25, 0.3) is 0 Å². The van der Waals surface area contributed by atoms with Gasteiger partial charge in [0.2, 0.25) is 5.91 Å². The number of nitrogens with zero attached hydrogens (tertiary/aromatic N) is 4. The zero-order valence-corrected chi connectivity index (χ0v) is 14.0. The van der Waals surface area contributed by atoms with Gasteiger partial charge in [-0.15, -0.1) is 0 Å². The second-order valence-electron chi connectivity index (χ2n) is 4.76. The van der Waals surface area contributed by atoms with E-state index in [0.29, 0.717) is 23.7 Å². The maximum Gasteiger partial charge on any atom is 0.232 e. The average molecular weight is 326 g/mol. The second kappa shape index (κ2) is 8.30. The standard InChI is InChI=1S/C17H18N4OS/c1-3-21(4-2)16(22)12-23-17-13(10-18)7-8-15(20-17)14-6-5-9-19-11-14/h5-9,11H,3-4,12H2,1-2H3. The lowest BCUT2D eigenvalue weighted by Crippen LogP contribution is -2.31. The van der Waals surface area contributed by atoms with Crippen molar-refractivity contribution in [2.24, 2.45) is 0 Å². The summed E-state index contributed by atoms with van der Waals surface area (Å²) in [5.74, 6) is 0.331. The van der Waals surface area contributed by atoms with E-state index in [1.165, 1.54) is 11.8 Å². The van der Waals surface area contributed by atoms with Crippen LogP contribution in [0.5, 0.6) is 0 Å². The molecule has 2 rings (SSSR count). The highest BCUT2D eigenvalue weighted by Gasteiger charge is 2.13. The SMILES string of the molecule is CCN(CC)C(=O)CSc1nc(-c2cccnc2)ccc1C#N. The Labute approximate surface area is 140 Å². The van der Waals surface area contributed by atoms with Gasteiger partial charge in [0.1, 0.15) is 11.1 Å². The van der Waals surface area contributed by atoms with Crippen LogP contribution in [0.15, 0.2) is 41.7 Å². The second-order valence-corrected chi connectivity index (χ2v) is 5.72. The van der Waals surface area contributed by atoms with E-state index >= 15 is 0 Å². The first-order valence-corrected chi connectivity index (χ1v) is 8.40. The topological polar surface area (TPSA) is 69.9 Å². The number of amides is 1. The van der Waals surface area contributed by atoms with E-state index in [4.69, 9.17) is 0 Å². The van der Waals surface area contributed by atoms with Crippen LogP contribution >= 0.6 is 11.8 Å². The van der Waals surface area contributed by atoms with Crippen molar-refractivity contribution >= 4 is 17.7 Å². The van der Waals surface area contributed by atoms with Crippen LogP contribution in [-0.4, -0.2) is 39.6 Å². The predicted octanol–water partition coefficient (Wildman–Crippen LogP) is 2.98. The maximum atomic E-state index is 12.1. The summed E-state index contributed by atoms with van der Waals surface area (Å²) < 4.78 is 0. The Morgan fingerprint density at radius 1 is 1.30 bits per heavy atom. The molecule has 0 aliphatic heterocycles. The van der Waals surface area contributed by atoms with Crippen molar-refractivity contribution in [3.63, 3.8) is 0 Å². The highest BCUT2D eigenvalue weighted by Crippen LogP contribution is 2.25. The molecular weight excluding hydrogens is 308 g/mol. The Balaban J connectivity index is 2.20. The van der Waals surface area contributed by atoms with E-state index in [0.717, 1.165) is 11.3 Å². The minimum atomic E-state index is 0.0532. The summed E-state index contributed by atoms with van der Waals surface area (Å²) in [5, 5.41) is 9.81. The summed E-state index contributed by atoms with van der Waals surface area (Å²) in [4.78, 5) is 22.5. The molecule has 2 aromatic rings. The molecule has 1 amide bonds. The molecule has 0 aliphatic carbocycles. The lowest BCUT2D eigenvalue weighted by Gasteiger charge is -2.18. The third-order valence-electron chi connectivity index (χ3n) is 3.39. The molecule has 0 spiro atoms. The molecule has 118 valence electrons. The van der Waals surface area contributed by atoms with E-state index in [1.54, 1.807) is 29.4 Å². The summed E-state index contributed by atoms with van der Waals surface area (Å²) in [6, 6.07) is 9.42. The van der Waals surface area contributed by atoms with Gasteiger partial charge in [0.15, 0.2) is 0 Å². The van der Waals surface area contributed by atoms with Crippen LogP contribution in [-0.2, 0) is 4.79 Å². The van der Waals surface area contributed by atoms with Crippen LogP contribution in [0.4, 0.5) is 0 Å². The maximum absolute atomic E-state index is 12.1. The van der Waals surface area contributed by atoms with Crippen molar-refractivity contribution in [2.75, 3.05) is 18.8 Å². The minimum Gasteiger partial charge on any atom is -0.343 e. The third kappa shape index (κ3) is 4.30. The van der Waals surface area contributed by atoms with Crippen molar-refractivity contribution in [2.45, 2.75) is 18.9 Å². The Morgan fingerprint density at radius 3 is 2.70 bits per heavy atom. The Bertz CT molecular complexity index is 708. The molecule has 0 atom stereocenters. The van der Waals surface area contributed by atoms with Gasteiger partial charge in [-0.25, -0.2) is 4.98 Å². The van der Waals surface area contributed by atoms with Crippen LogP contribution in [0.2, 0.25) is 0 Å². The monoisotopic (exact) mass is 326 g/mol. The molecular formula is C17H18N4OS. The van der Waals surface area contributed by atoms with Crippen LogP contribution in [0, 0.1) is 11.3 Å². The molecule has 0 aliphatic rings. The normalized spacial score (nSPS) is 10.1. The van der Waals surface area contributed by atoms with Gasteiger partial charge in [-0.1, -0.05) is 11.8 Å². The Kier molecular flexibility index (Phi) is 6.12. The first-order valence-electron chi connectivity index (χ1n) is 7.41. The summed E-state index contributed by atoms with van der Waals surface area (Å²) in [5.41, 5.74) is 2.11. The molecule has 0 aromatic carbocycles. The number of aromatic nitrogens is 2. The number of nitriles is 1. The lowest BCUT2D eigenvalue weighted by atomic mass is 10.2. The number of carbonyl (C=O) groups is 1. The van der Waals surface area contributed by atoms with Gasteiger partial charge >= 0.3 is 0 Å². The predicted molar refractivity (Wildman–Crippen MR) is 90.8 cm³/mol. The molecule has 0 unspecified atom stereocenters. The van der Waals surface area contributed by atoms with Crippen LogP contribution in [0.25, 0.3) is 11.3 Å². The summed E-state index contributed by atoms with van der Waals surface area (Å²) in [6.45, 7) is 5.27. The van der Waals surface area contributed by atoms with E-state index in [9.17, 15) is 10.1 Å². The van der Waals surface area contributed by atoms with Crippen LogP contribution in [0.3, 0.4) is 0 Å². The zero-order valence-electron chi connectivity index (χ0n) is 13.2. The van der Waals surface area contributed by atoms with Gasteiger partial charge in [-0.05, 0) is 38.1 Å². The molecule has 23 heavy (non-hydrogen) atoms. The molecule has 0 fully saturated rings. The number of carbonyl (C=O) groups excluding carboxylic acids is 1. The number of pyridine rings is 2. The van der Waals surface area contributed by atoms with Crippen molar-refractivity contribution in [1.29, 1.82) is 5.26 Å². The van der Waals surface area contributed by atoms with Gasteiger partial charge in [-0.3, -0.25) is 9.78 Å². The molecule has 2 heterocycles. The van der Waals surface area contributed by atoms with Gasteiger partial charge < -0.3 is 4.90 Å². The average Bonchev–Trinajstić information content (AvgIpc) is 2.61. The molecule has 6 heteroatoms. The third-order valence-corrected chi connectivity index (χ3v) is 4.36. The summed E-state index contributed by atoms with van der Waals surface area (Å²) in [7, 11) is 0. The minimum absolute atomic E-state index is 0.0532. The van der Waals surface area contributed by atoms with Gasteiger partial charge in [-0.2, -0.15) is 5.26 Å². The van der Waals surface area contributed by atoms with Crippen molar-refractivity contribution in [3.05, 3.63) is 42.2 Å². The number of thioether (sulfide) groups is 1. The zero-order chi connectivity index (χ0) is 16.7. The highest BCUT2D eigenvalue weighted by molar-refractivity contribution is 8.00. The molecule has 0 N–H and O–H groups in total. The number of hydrogen-bond donors (Lipinski definition) is 0. The fourth-order valence-electron chi connectivity index (χ4n) is 2.11. The van der Waals surface area contributed by atoms with Crippen molar-refractivity contribution in [1.82, 2.24) is 14.9 Å². The fraction of sp³-hybridized carbons (Fsp3) is 0.294. The highest BCUT2D eigenvalue weighted by atomic mass is 32.2. The van der Waals surface area contributed by atoms with Gasteiger partial charge in [0, 0.05) is 31.0 Å². The molecule has 0 saturated heterocycles. The molecule has 0 bridgehead atoms. The van der Waals surface area contributed by atoms with Crippen LogP contribution in [0.1, 0.15) is 19.4 Å². The van der Waals surface area contributed by atoms with Crippen molar-refractivity contribution < 1.29 is 4.79 Å².